The SMILES string of the molecule is O=C1CCC2CN(c3nc(Cl)c(C(=O)O)s3)CCC2N1. The molecule has 8 heteroatoms. The third-order valence-electron chi connectivity index (χ3n) is 3.86. The monoisotopic (exact) mass is 315 g/mol. The van der Waals surface area contributed by atoms with Crippen molar-refractivity contribution in [2.24, 2.45) is 5.92 Å². The molecule has 3 heterocycles. The van der Waals surface area contributed by atoms with Gasteiger partial charge in [0.2, 0.25) is 5.91 Å². The first-order chi connectivity index (χ1) is 9.54. The number of aromatic carboxylic acids is 1. The van der Waals surface area contributed by atoms with Crippen molar-refractivity contribution in [2.45, 2.75) is 25.3 Å². The number of fused-ring (bicyclic) bond motifs is 1. The highest BCUT2D eigenvalue weighted by atomic mass is 35.5. The van der Waals surface area contributed by atoms with E-state index in [0.29, 0.717) is 17.5 Å². The summed E-state index contributed by atoms with van der Waals surface area (Å²) in [4.78, 5) is 28.7. The van der Waals surface area contributed by atoms with E-state index in [2.05, 4.69) is 15.2 Å². The minimum atomic E-state index is -1.04. The van der Waals surface area contributed by atoms with Gasteiger partial charge in [0.05, 0.1) is 0 Å². The molecule has 0 radical (unpaired) electrons. The molecule has 2 fully saturated rings. The Kier molecular flexibility index (Phi) is 3.55. The molecule has 3 rings (SSSR count). The Balaban J connectivity index is 1.75. The van der Waals surface area contributed by atoms with Gasteiger partial charge in [-0.1, -0.05) is 22.9 Å². The zero-order chi connectivity index (χ0) is 14.3. The van der Waals surface area contributed by atoms with Crippen LogP contribution in [0.1, 0.15) is 28.9 Å². The molecule has 2 aliphatic heterocycles. The minimum absolute atomic E-state index is 0.0524. The number of anilines is 1. The number of hydrogen-bond donors (Lipinski definition) is 2. The number of carboxylic acids is 1. The smallest absolute Gasteiger partial charge is 0.349 e. The molecule has 0 aromatic carbocycles. The van der Waals surface area contributed by atoms with Gasteiger partial charge in [0, 0.05) is 25.6 Å². The second-order valence-electron chi connectivity index (χ2n) is 5.13. The first kappa shape index (κ1) is 13.6. The third kappa shape index (κ3) is 2.47. The summed E-state index contributed by atoms with van der Waals surface area (Å²) in [6.45, 7) is 1.54. The van der Waals surface area contributed by atoms with Crippen molar-refractivity contribution >= 4 is 39.9 Å². The lowest BCUT2D eigenvalue weighted by atomic mass is 9.85. The Morgan fingerprint density at radius 2 is 2.30 bits per heavy atom. The summed E-state index contributed by atoms with van der Waals surface area (Å²) >= 11 is 6.96. The number of hydrogen-bond acceptors (Lipinski definition) is 5. The lowest BCUT2D eigenvalue weighted by Gasteiger charge is -2.41. The second-order valence-corrected chi connectivity index (χ2v) is 6.46. The average molecular weight is 316 g/mol. The first-order valence-corrected chi connectivity index (χ1v) is 7.68. The molecule has 108 valence electrons. The molecule has 2 aliphatic rings. The Hall–Kier alpha value is -1.34. The van der Waals surface area contributed by atoms with Crippen molar-refractivity contribution in [2.75, 3.05) is 18.0 Å². The van der Waals surface area contributed by atoms with Crippen molar-refractivity contribution in [3.05, 3.63) is 10.0 Å². The van der Waals surface area contributed by atoms with Crippen LogP contribution in [-0.4, -0.2) is 41.1 Å². The Labute approximate surface area is 124 Å². The molecule has 20 heavy (non-hydrogen) atoms. The van der Waals surface area contributed by atoms with Crippen molar-refractivity contribution in [1.29, 1.82) is 0 Å². The quantitative estimate of drug-likeness (QED) is 0.866. The van der Waals surface area contributed by atoms with E-state index in [9.17, 15) is 9.59 Å². The van der Waals surface area contributed by atoms with Crippen molar-refractivity contribution in [1.82, 2.24) is 10.3 Å². The van der Waals surface area contributed by atoms with E-state index in [0.717, 1.165) is 37.3 Å². The van der Waals surface area contributed by atoms with E-state index in [1.807, 2.05) is 0 Å². The molecule has 0 spiro atoms. The highest BCUT2D eigenvalue weighted by Gasteiger charge is 2.35. The summed E-state index contributed by atoms with van der Waals surface area (Å²) in [6, 6.07) is 0.238. The molecular formula is C12H14ClN3O3S. The van der Waals surface area contributed by atoms with Crippen molar-refractivity contribution in [3.8, 4) is 0 Å². The van der Waals surface area contributed by atoms with E-state index in [4.69, 9.17) is 16.7 Å². The normalized spacial score (nSPS) is 26.1. The van der Waals surface area contributed by atoms with Crippen LogP contribution in [0.15, 0.2) is 0 Å². The van der Waals surface area contributed by atoms with Gasteiger partial charge in [-0.2, -0.15) is 0 Å². The molecule has 0 bridgehead atoms. The Morgan fingerprint density at radius 3 is 3.00 bits per heavy atom. The molecule has 1 aromatic heterocycles. The third-order valence-corrected chi connectivity index (χ3v) is 5.35. The number of nitrogens with zero attached hydrogens (tertiary/aromatic N) is 2. The van der Waals surface area contributed by atoms with Crippen LogP contribution in [0.4, 0.5) is 5.13 Å². The first-order valence-electron chi connectivity index (χ1n) is 6.48. The molecule has 0 aliphatic carbocycles. The summed E-state index contributed by atoms with van der Waals surface area (Å²) in [6.07, 6.45) is 2.29. The van der Waals surface area contributed by atoms with Gasteiger partial charge in [0.1, 0.15) is 0 Å². The van der Waals surface area contributed by atoms with Crippen molar-refractivity contribution < 1.29 is 14.7 Å². The highest BCUT2D eigenvalue weighted by molar-refractivity contribution is 7.18. The van der Waals surface area contributed by atoms with Gasteiger partial charge in [-0.05, 0) is 18.8 Å². The number of carboxylic acid groups (broad SMARTS) is 1. The van der Waals surface area contributed by atoms with Gasteiger partial charge in [-0.15, -0.1) is 0 Å². The fourth-order valence-electron chi connectivity index (χ4n) is 2.84. The summed E-state index contributed by atoms with van der Waals surface area (Å²) in [7, 11) is 0. The maximum atomic E-state index is 11.4. The zero-order valence-corrected chi connectivity index (χ0v) is 12.2. The molecular weight excluding hydrogens is 302 g/mol. The standard InChI is InChI=1S/C12H14ClN3O3S/c13-10-9(11(18)19)20-12(15-10)16-4-3-7-6(5-16)1-2-8(17)14-7/h6-7H,1-5H2,(H,14,17)(H,18,19). The van der Waals surface area contributed by atoms with Gasteiger partial charge in [0.15, 0.2) is 15.2 Å². The molecule has 2 N–H and O–H groups in total. The largest absolute Gasteiger partial charge is 0.477 e. The molecule has 1 amide bonds. The highest BCUT2D eigenvalue weighted by Crippen LogP contribution is 2.34. The van der Waals surface area contributed by atoms with Crippen LogP contribution in [0.2, 0.25) is 5.15 Å². The molecule has 2 saturated heterocycles. The Morgan fingerprint density at radius 1 is 1.50 bits per heavy atom. The zero-order valence-electron chi connectivity index (χ0n) is 10.6. The fourth-order valence-corrected chi connectivity index (χ4v) is 4.00. The summed E-state index contributed by atoms with van der Waals surface area (Å²) in [5.74, 6) is -0.513. The number of halogens is 1. The van der Waals surface area contributed by atoms with E-state index in [-0.39, 0.29) is 22.0 Å². The van der Waals surface area contributed by atoms with Gasteiger partial charge >= 0.3 is 5.97 Å². The minimum Gasteiger partial charge on any atom is -0.477 e. The van der Waals surface area contributed by atoms with Gasteiger partial charge in [-0.3, -0.25) is 4.79 Å². The molecule has 1 aromatic rings. The van der Waals surface area contributed by atoms with Crippen LogP contribution >= 0.6 is 22.9 Å². The maximum Gasteiger partial charge on any atom is 0.349 e. The molecule has 2 atom stereocenters. The van der Waals surface area contributed by atoms with Crippen LogP contribution in [0.5, 0.6) is 0 Å². The van der Waals surface area contributed by atoms with Crippen LogP contribution in [-0.2, 0) is 4.79 Å². The Bertz CT molecular complexity index is 562. The lowest BCUT2D eigenvalue weighted by molar-refractivity contribution is -0.124. The predicted octanol–water partition coefficient (Wildman–Crippen LogP) is 1.60. The van der Waals surface area contributed by atoms with Crippen LogP contribution in [0.3, 0.4) is 0 Å². The summed E-state index contributed by atoms with van der Waals surface area (Å²) in [5, 5.41) is 12.7. The van der Waals surface area contributed by atoms with Crippen molar-refractivity contribution in [3.63, 3.8) is 0 Å². The number of nitrogens with one attached hydrogen (secondary N) is 1. The van der Waals surface area contributed by atoms with Gasteiger partial charge in [-0.25, -0.2) is 9.78 Å². The second kappa shape index (κ2) is 5.21. The topological polar surface area (TPSA) is 82.5 Å². The van der Waals surface area contributed by atoms with E-state index >= 15 is 0 Å². The van der Waals surface area contributed by atoms with E-state index in [1.54, 1.807) is 0 Å². The van der Waals surface area contributed by atoms with E-state index < -0.39 is 5.97 Å². The van der Waals surface area contributed by atoms with Gasteiger partial charge < -0.3 is 15.3 Å². The van der Waals surface area contributed by atoms with Crippen LogP contribution < -0.4 is 10.2 Å². The molecule has 6 nitrogen and oxygen atoms in total. The maximum absolute atomic E-state index is 11.4. The number of piperidine rings is 2. The summed E-state index contributed by atoms with van der Waals surface area (Å²) in [5.41, 5.74) is 0. The van der Waals surface area contributed by atoms with Crippen LogP contribution in [0.25, 0.3) is 0 Å². The number of rotatable bonds is 2. The average Bonchev–Trinajstić information content (AvgIpc) is 2.80. The number of thiazole rings is 1. The predicted molar refractivity (Wildman–Crippen MR) is 75.6 cm³/mol. The van der Waals surface area contributed by atoms with Crippen LogP contribution in [0, 0.1) is 5.92 Å². The number of aromatic nitrogens is 1. The number of amides is 1. The molecule has 0 saturated carbocycles. The fraction of sp³-hybridized carbons (Fsp3) is 0.583. The molecule has 2 unspecified atom stereocenters. The number of carbonyl (C=O) groups excluding carboxylic acids is 1. The van der Waals surface area contributed by atoms with Gasteiger partial charge in [0.25, 0.3) is 0 Å². The number of carbonyl (C=O) groups is 2. The lowest BCUT2D eigenvalue weighted by Crippen LogP contribution is -2.54. The van der Waals surface area contributed by atoms with E-state index in [1.165, 1.54) is 0 Å². The summed E-state index contributed by atoms with van der Waals surface area (Å²) < 4.78 is 0.